The van der Waals surface area contributed by atoms with Crippen molar-refractivity contribution in [2.24, 2.45) is 0 Å². The summed E-state index contributed by atoms with van der Waals surface area (Å²) in [5.74, 6) is 0.730. The summed E-state index contributed by atoms with van der Waals surface area (Å²) < 4.78 is 10.8. The maximum Gasteiger partial charge on any atom is 0.298 e. The summed E-state index contributed by atoms with van der Waals surface area (Å²) in [5, 5.41) is 3.92. The highest BCUT2D eigenvalue weighted by Crippen LogP contribution is 2.22. The molecule has 1 fully saturated rings. The Morgan fingerprint density at radius 1 is 1.20 bits per heavy atom. The number of hydrogen-bond acceptors (Lipinski definition) is 6. The number of halogens is 1. The normalized spacial score (nSPS) is 15.1. The van der Waals surface area contributed by atoms with Crippen LogP contribution in [0.1, 0.15) is 12.2 Å². The van der Waals surface area contributed by atoms with E-state index in [1.54, 1.807) is 6.07 Å². The largest absolute Gasteiger partial charge is 0.423 e. The molecule has 0 bridgehead atoms. The van der Waals surface area contributed by atoms with Gasteiger partial charge in [-0.05, 0) is 12.1 Å². The molecule has 25 heavy (non-hydrogen) atoms. The zero-order chi connectivity index (χ0) is 17.2. The van der Waals surface area contributed by atoms with Gasteiger partial charge in [-0.15, -0.1) is 0 Å². The maximum atomic E-state index is 12.3. The van der Waals surface area contributed by atoms with E-state index in [1.165, 1.54) is 0 Å². The van der Waals surface area contributed by atoms with Crippen molar-refractivity contribution in [1.29, 1.82) is 0 Å². The minimum Gasteiger partial charge on any atom is -0.423 e. The summed E-state index contributed by atoms with van der Waals surface area (Å²) in [6.45, 7) is 2.70. The van der Waals surface area contributed by atoms with E-state index in [0.29, 0.717) is 55.9 Å². The van der Waals surface area contributed by atoms with Crippen molar-refractivity contribution >= 4 is 34.6 Å². The molecule has 0 atom stereocenters. The van der Waals surface area contributed by atoms with Gasteiger partial charge in [-0.1, -0.05) is 28.9 Å². The van der Waals surface area contributed by atoms with Crippen molar-refractivity contribution in [2.45, 2.75) is 12.8 Å². The van der Waals surface area contributed by atoms with Crippen LogP contribution in [0.25, 0.3) is 11.1 Å². The van der Waals surface area contributed by atoms with Gasteiger partial charge < -0.3 is 18.7 Å². The Bertz CT molecular complexity index is 850. The molecule has 1 amide bonds. The van der Waals surface area contributed by atoms with Crippen molar-refractivity contribution in [3.05, 3.63) is 41.2 Å². The number of rotatable bonds is 4. The fraction of sp³-hybridized carbons (Fsp3) is 0.353. The van der Waals surface area contributed by atoms with Gasteiger partial charge in [0.1, 0.15) is 11.3 Å². The number of anilines is 1. The van der Waals surface area contributed by atoms with Gasteiger partial charge in [0, 0.05) is 45.1 Å². The summed E-state index contributed by atoms with van der Waals surface area (Å²) in [5.41, 5.74) is 1.63. The summed E-state index contributed by atoms with van der Waals surface area (Å²) in [6.07, 6.45) is 0.887. The second-order valence-corrected chi connectivity index (χ2v) is 6.34. The average molecular weight is 361 g/mol. The van der Waals surface area contributed by atoms with Crippen LogP contribution >= 0.6 is 11.6 Å². The topological polar surface area (TPSA) is 75.6 Å². The average Bonchev–Trinajstić information content (AvgIpc) is 3.25. The number of amides is 1. The van der Waals surface area contributed by atoms with Gasteiger partial charge in [-0.2, -0.15) is 4.98 Å². The van der Waals surface area contributed by atoms with Crippen molar-refractivity contribution in [3.63, 3.8) is 0 Å². The number of piperazine rings is 1. The van der Waals surface area contributed by atoms with Crippen LogP contribution in [0.5, 0.6) is 0 Å². The van der Waals surface area contributed by atoms with Crippen molar-refractivity contribution < 1.29 is 13.7 Å². The van der Waals surface area contributed by atoms with Crippen LogP contribution < -0.4 is 4.90 Å². The highest BCUT2D eigenvalue weighted by atomic mass is 35.5. The highest BCUT2D eigenvalue weighted by Gasteiger charge is 2.24. The van der Waals surface area contributed by atoms with Gasteiger partial charge in [-0.3, -0.25) is 4.79 Å². The van der Waals surface area contributed by atoms with Crippen LogP contribution in [0.3, 0.4) is 0 Å². The molecule has 130 valence electrons. The first-order valence-electron chi connectivity index (χ1n) is 8.18. The number of nitrogens with zero attached hydrogens (tertiary/aromatic N) is 4. The Hall–Kier alpha value is -2.54. The number of aromatic nitrogens is 2. The minimum atomic E-state index is 0.102. The molecule has 1 aliphatic rings. The minimum absolute atomic E-state index is 0.102. The molecule has 1 aliphatic heterocycles. The number of fused-ring (bicyclic) bond motifs is 1. The van der Waals surface area contributed by atoms with Gasteiger partial charge in [-0.25, -0.2) is 0 Å². The van der Waals surface area contributed by atoms with Crippen LogP contribution in [-0.2, 0) is 11.2 Å². The van der Waals surface area contributed by atoms with Gasteiger partial charge in [0.05, 0.1) is 0 Å². The first-order valence-corrected chi connectivity index (χ1v) is 8.56. The first kappa shape index (κ1) is 16.0. The fourth-order valence-electron chi connectivity index (χ4n) is 2.94. The summed E-state index contributed by atoms with van der Waals surface area (Å²) in [4.78, 5) is 20.8. The van der Waals surface area contributed by atoms with Gasteiger partial charge in [0.25, 0.3) is 6.01 Å². The molecule has 0 N–H and O–H groups in total. The molecular formula is C17H17ClN4O3. The lowest BCUT2D eigenvalue weighted by molar-refractivity contribution is -0.131. The number of oxazole rings is 1. The second-order valence-electron chi connectivity index (χ2n) is 5.95. The van der Waals surface area contributed by atoms with E-state index < -0.39 is 0 Å². The molecule has 0 saturated carbocycles. The number of hydrogen-bond donors (Lipinski definition) is 0. The lowest BCUT2D eigenvalue weighted by atomic mass is 10.2. The Balaban J connectivity index is 1.32. The molecule has 3 aromatic rings. The molecule has 7 nitrogen and oxygen atoms in total. The zero-order valence-electron chi connectivity index (χ0n) is 13.5. The molecule has 0 unspecified atom stereocenters. The summed E-state index contributed by atoms with van der Waals surface area (Å²) >= 11 is 5.71. The number of carbonyl (C=O) groups is 1. The number of aryl methyl sites for hydroxylation is 1. The lowest BCUT2D eigenvalue weighted by Gasteiger charge is -2.33. The molecule has 1 aromatic carbocycles. The Morgan fingerprint density at radius 3 is 2.72 bits per heavy atom. The van der Waals surface area contributed by atoms with Crippen LogP contribution in [0.15, 0.2) is 39.3 Å². The Kier molecular flexibility index (Phi) is 4.31. The third-order valence-corrected chi connectivity index (χ3v) is 4.48. The summed E-state index contributed by atoms with van der Waals surface area (Å²) in [7, 11) is 0. The first-order chi connectivity index (χ1) is 12.2. The number of carbonyl (C=O) groups excluding carboxylic acids is 1. The van der Waals surface area contributed by atoms with Crippen molar-refractivity contribution in [2.75, 3.05) is 31.1 Å². The predicted octanol–water partition coefficient (Wildman–Crippen LogP) is 2.75. The third-order valence-electron chi connectivity index (χ3n) is 4.30. The molecule has 0 spiro atoms. The third kappa shape index (κ3) is 3.46. The van der Waals surface area contributed by atoms with E-state index in [1.807, 2.05) is 29.2 Å². The van der Waals surface area contributed by atoms with Crippen LogP contribution in [0.4, 0.5) is 6.01 Å². The second kappa shape index (κ2) is 6.76. The number of benzene rings is 1. The molecule has 8 heteroatoms. The molecule has 1 saturated heterocycles. The van der Waals surface area contributed by atoms with Crippen molar-refractivity contribution in [1.82, 2.24) is 15.0 Å². The molecule has 3 heterocycles. The fourth-order valence-corrected chi connectivity index (χ4v) is 3.09. The zero-order valence-corrected chi connectivity index (χ0v) is 14.3. The Labute approximate surface area is 149 Å². The van der Waals surface area contributed by atoms with E-state index in [2.05, 4.69) is 15.0 Å². The Morgan fingerprint density at radius 2 is 2.00 bits per heavy atom. The number of para-hydroxylation sites is 2. The smallest absolute Gasteiger partial charge is 0.298 e. The molecule has 2 aromatic heterocycles. The standard InChI is InChI=1S/C17H17ClN4O3/c18-15-11-12(25-20-15)5-6-16(23)21-7-9-22(10-8-21)17-19-13-3-1-2-4-14(13)24-17/h1-4,11H,5-10H2. The van der Waals surface area contributed by atoms with E-state index >= 15 is 0 Å². The molecular weight excluding hydrogens is 344 g/mol. The molecule has 0 aliphatic carbocycles. The molecule has 4 rings (SSSR count). The monoisotopic (exact) mass is 360 g/mol. The van der Waals surface area contributed by atoms with Crippen LogP contribution in [-0.4, -0.2) is 47.1 Å². The maximum absolute atomic E-state index is 12.3. The van der Waals surface area contributed by atoms with Crippen LogP contribution in [0, 0.1) is 0 Å². The van der Waals surface area contributed by atoms with E-state index in [9.17, 15) is 4.79 Å². The summed E-state index contributed by atoms with van der Waals surface area (Å²) in [6, 6.07) is 9.95. The van der Waals surface area contributed by atoms with E-state index in [-0.39, 0.29) is 5.91 Å². The van der Waals surface area contributed by atoms with Crippen molar-refractivity contribution in [3.8, 4) is 0 Å². The lowest BCUT2D eigenvalue weighted by Crippen LogP contribution is -2.49. The SMILES string of the molecule is O=C(CCc1cc(Cl)no1)N1CCN(c2nc3ccccc3o2)CC1. The van der Waals surface area contributed by atoms with Crippen LogP contribution in [0.2, 0.25) is 5.15 Å². The van der Waals surface area contributed by atoms with E-state index in [4.69, 9.17) is 20.5 Å². The van der Waals surface area contributed by atoms with E-state index in [0.717, 1.165) is 11.1 Å². The quantitative estimate of drug-likeness (QED) is 0.712. The highest BCUT2D eigenvalue weighted by molar-refractivity contribution is 6.29. The van der Waals surface area contributed by atoms with Gasteiger partial charge >= 0.3 is 0 Å². The molecule has 0 radical (unpaired) electrons. The predicted molar refractivity (Wildman–Crippen MR) is 92.6 cm³/mol. The van der Waals surface area contributed by atoms with Gasteiger partial charge in [0.15, 0.2) is 10.7 Å². The van der Waals surface area contributed by atoms with Gasteiger partial charge in [0.2, 0.25) is 5.91 Å².